The summed E-state index contributed by atoms with van der Waals surface area (Å²) in [6, 6.07) is 18.9. The van der Waals surface area contributed by atoms with Gasteiger partial charge in [0.15, 0.2) is 24.8 Å². The SMILES string of the molecule is CO[C@@H]1C(=O)N(/C(C=O)=C/SCCCSSCCCS/C=C(\C=O)N2C(=O)[C@@H](OC)[C@H]2/C=C/c2ccccc2)[C@@H]1/C=C/c1ccccc1. The molecule has 0 saturated carbocycles. The van der Waals surface area contributed by atoms with E-state index in [9.17, 15) is 19.2 Å². The van der Waals surface area contributed by atoms with Gasteiger partial charge in [-0.25, -0.2) is 0 Å². The van der Waals surface area contributed by atoms with Crippen LogP contribution in [0.3, 0.4) is 0 Å². The van der Waals surface area contributed by atoms with Crippen molar-refractivity contribution in [1.29, 1.82) is 0 Å². The summed E-state index contributed by atoms with van der Waals surface area (Å²) in [6.45, 7) is 0. The third kappa shape index (κ3) is 10.3. The number of nitrogens with zero attached hydrogens (tertiary/aromatic N) is 2. The fourth-order valence-corrected chi connectivity index (χ4v) is 9.14. The number of carbonyl (C=O) groups is 4. The van der Waals surface area contributed by atoms with Crippen molar-refractivity contribution in [1.82, 2.24) is 9.80 Å². The first-order valence-corrected chi connectivity index (χ1v) is 20.1. The van der Waals surface area contributed by atoms with E-state index in [-0.39, 0.29) is 23.9 Å². The van der Waals surface area contributed by atoms with E-state index in [1.807, 2.05) is 107 Å². The summed E-state index contributed by atoms with van der Waals surface area (Å²) in [5.74, 6) is 3.18. The summed E-state index contributed by atoms with van der Waals surface area (Å²) >= 11 is 3.06. The number of likely N-dealkylation sites (tertiary alicyclic amines) is 2. The molecule has 0 bridgehead atoms. The predicted molar refractivity (Wildman–Crippen MR) is 201 cm³/mol. The molecule has 0 aromatic heterocycles. The molecule has 12 heteroatoms. The maximum absolute atomic E-state index is 12.6. The molecular formula is C36H40N2O6S4. The van der Waals surface area contributed by atoms with Gasteiger partial charge in [0.2, 0.25) is 0 Å². The lowest BCUT2D eigenvalue weighted by molar-refractivity contribution is -0.162. The molecule has 2 heterocycles. The molecule has 2 aliphatic rings. The zero-order valence-corrected chi connectivity index (χ0v) is 30.2. The highest BCUT2D eigenvalue weighted by molar-refractivity contribution is 8.76. The van der Waals surface area contributed by atoms with Gasteiger partial charge in [0, 0.05) is 25.7 Å². The quantitative estimate of drug-likeness (QED) is 0.0463. The second-order valence-electron chi connectivity index (χ2n) is 10.7. The van der Waals surface area contributed by atoms with Crippen LogP contribution in [0.5, 0.6) is 0 Å². The van der Waals surface area contributed by atoms with Crippen molar-refractivity contribution < 1.29 is 28.7 Å². The van der Waals surface area contributed by atoms with Crippen LogP contribution in [0, 0.1) is 0 Å². The van der Waals surface area contributed by atoms with Crippen LogP contribution in [0.4, 0.5) is 0 Å². The minimum atomic E-state index is -0.596. The van der Waals surface area contributed by atoms with Gasteiger partial charge in [0.1, 0.15) is 0 Å². The van der Waals surface area contributed by atoms with Crippen LogP contribution in [0.2, 0.25) is 0 Å². The van der Waals surface area contributed by atoms with E-state index >= 15 is 0 Å². The average Bonchev–Trinajstić information content (AvgIpc) is 3.11. The Morgan fingerprint density at radius 1 is 0.646 bits per heavy atom. The molecule has 0 unspecified atom stereocenters. The predicted octanol–water partition coefficient (Wildman–Crippen LogP) is 6.57. The van der Waals surface area contributed by atoms with Gasteiger partial charge in [-0.15, -0.1) is 23.5 Å². The summed E-state index contributed by atoms with van der Waals surface area (Å²) in [5.41, 5.74) is 2.72. The number of thioether (sulfide) groups is 2. The largest absolute Gasteiger partial charge is 0.369 e. The summed E-state index contributed by atoms with van der Waals surface area (Å²) in [5, 5.41) is 3.53. The second-order valence-corrected chi connectivity index (χ2v) is 15.3. The van der Waals surface area contributed by atoms with Gasteiger partial charge in [0.25, 0.3) is 11.8 Å². The van der Waals surface area contributed by atoms with Crippen molar-refractivity contribution in [2.75, 3.05) is 37.2 Å². The Balaban J connectivity index is 1.11. The van der Waals surface area contributed by atoms with E-state index in [1.54, 1.807) is 10.8 Å². The Labute approximate surface area is 299 Å². The van der Waals surface area contributed by atoms with Gasteiger partial charge in [-0.3, -0.25) is 29.0 Å². The Morgan fingerprint density at radius 3 is 1.40 bits per heavy atom. The molecule has 2 saturated heterocycles. The van der Waals surface area contributed by atoms with Gasteiger partial charge in [0.05, 0.1) is 23.5 Å². The van der Waals surface area contributed by atoms with E-state index in [4.69, 9.17) is 9.47 Å². The van der Waals surface area contributed by atoms with Gasteiger partial charge in [-0.1, -0.05) is 107 Å². The monoisotopic (exact) mass is 724 g/mol. The first-order chi connectivity index (χ1) is 23.5. The molecule has 254 valence electrons. The highest BCUT2D eigenvalue weighted by Crippen LogP contribution is 2.32. The van der Waals surface area contributed by atoms with Gasteiger partial charge < -0.3 is 9.47 Å². The summed E-state index contributed by atoms with van der Waals surface area (Å²) in [6.07, 6.45) is 9.88. The maximum Gasteiger partial charge on any atom is 0.259 e. The minimum absolute atomic E-state index is 0.212. The number of amides is 2. The lowest BCUT2D eigenvalue weighted by Crippen LogP contribution is -2.64. The molecule has 0 aliphatic carbocycles. The van der Waals surface area contributed by atoms with Crippen LogP contribution >= 0.6 is 45.1 Å². The summed E-state index contributed by atoms with van der Waals surface area (Å²) in [4.78, 5) is 52.0. The van der Waals surface area contributed by atoms with E-state index in [2.05, 4.69) is 0 Å². The Bertz CT molecular complexity index is 1370. The molecule has 8 nitrogen and oxygen atoms in total. The first-order valence-electron chi connectivity index (χ1n) is 15.5. The fraction of sp³-hybridized carbons (Fsp3) is 0.333. The minimum Gasteiger partial charge on any atom is -0.369 e. The molecule has 48 heavy (non-hydrogen) atoms. The normalized spacial score (nSPS) is 21.5. The zero-order valence-electron chi connectivity index (χ0n) is 26.9. The van der Waals surface area contributed by atoms with Crippen LogP contribution in [-0.2, 0) is 28.7 Å². The van der Waals surface area contributed by atoms with Crippen molar-refractivity contribution >= 4 is 81.7 Å². The van der Waals surface area contributed by atoms with Crippen molar-refractivity contribution in [3.8, 4) is 0 Å². The topological polar surface area (TPSA) is 93.2 Å². The number of β-lactam (4-membered cyclic amide) rings is 2. The van der Waals surface area contributed by atoms with Crippen molar-refractivity contribution in [2.45, 2.75) is 37.1 Å². The van der Waals surface area contributed by atoms with Crippen LogP contribution in [-0.4, -0.2) is 95.7 Å². The van der Waals surface area contributed by atoms with Crippen molar-refractivity contribution in [3.63, 3.8) is 0 Å². The standard InChI is InChI=1S/C36H40N2O6S4/c1-43-33-31(17-15-27-11-5-3-6-12-27)37(35(33)41)29(23-39)25-45-19-9-21-47-48-22-10-20-46-26-30(24-40)38-32(34(44-2)36(38)42)18-16-28-13-7-4-8-14-28/h3-8,11-18,23-26,31-34H,9-10,19-22H2,1-2H3/b17-15+,18-16+,29-25+,30-26+/t31-,32-,33+,34+/m1/s1. The Morgan fingerprint density at radius 2 is 1.04 bits per heavy atom. The van der Waals surface area contributed by atoms with E-state index < -0.39 is 12.2 Å². The van der Waals surface area contributed by atoms with Crippen LogP contribution in [0.15, 0.2) is 95.0 Å². The number of methoxy groups -OCH3 is 2. The number of hydrogen-bond acceptors (Lipinski definition) is 10. The number of ether oxygens (including phenoxy) is 2. The maximum atomic E-state index is 12.6. The van der Waals surface area contributed by atoms with Crippen LogP contribution < -0.4 is 0 Å². The Hall–Kier alpha value is -3.00. The number of rotatable bonds is 21. The van der Waals surface area contributed by atoms with E-state index in [1.165, 1.54) is 47.5 Å². The molecule has 2 fully saturated rings. The van der Waals surface area contributed by atoms with E-state index in [0.717, 1.165) is 59.6 Å². The van der Waals surface area contributed by atoms with Gasteiger partial charge in [-0.2, -0.15) is 0 Å². The second kappa shape index (κ2) is 20.5. The van der Waals surface area contributed by atoms with Gasteiger partial charge in [-0.05, 0) is 46.3 Å². The first kappa shape index (κ1) is 37.8. The van der Waals surface area contributed by atoms with Crippen molar-refractivity contribution in [3.05, 3.63) is 106 Å². The fourth-order valence-electron chi connectivity index (χ4n) is 5.06. The van der Waals surface area contributed by atoms with Crippen LogP contribution in [0.25, 0.3) is 12.2 Å². The number of benzene rings is 2. The number of hydrogen-bond donors (Lipinski definition) is 0. The molecular weight excluding hydrogens is 685 g/mol. The highest BCUT2D eigenvalue weighted by atomic mass is 33.1. The van der Waals surface area contributed by atoms with Gasteiger partial charge >= 0.3 is 0 Å². The lowest BCUT2D eigenvalue weighted by atomic mass is 9.95. The molecule has 2 aromatic carbocycles. The molecule has 0 spiro atoms. The smallest absolute Gasteiger partial charge is 0.259 e. The third-order valence-electron chi connectivity index (χ3n) is 7.53. The number of carbonyl (C=O) groups excluding carboxylic acids is 4. The van der Waals surface area contributed by atoms with Crippen molar-refractivity contribution in [2.24, 2.45) is 0 Å². The number of allylic oxidation sites excluding steroid dienone is 2. The Kier molecular flexibility index (Phi) is 16.1. The molecule has 2 aliphatic heterocycles. The zero-order chi connectivity index (χ0) is 34.1. The molecule has 2 aromatic rings. The molecule has 4 atom stereocenters. The molecule has 0 N–H and O–H groups in total. The van der Waals surface area contributed by atoms with Crippen LogP contribution in [0.1, 0.15) is 24.0 Å². The third-order valence-corrected chi connectivity index (χ3v) is 12.0. The summed E-state index contributed by atoms with van der Waals surface area (Å²) in [7, 11) is 6.63. The number of aldehydes is 2. The summed E-state index contributed by atoms with van der Waals surface area (Å²) < 4.78 is 10.7. The highest BCUT2D eigenvalue weighted by Gasteiger charge is 2.48. The average molecular weight is 725 g/mol. The lowest BCUT2D eigenvalue weighted by Gasteiger charge is -2.44. The molecule has 2 amide bonds. The van der Waals surface area contributed by atoms with E-state index in [0.29, 0.717) is 11.4 Å². The molecule has 0 radical (unpaired) electrons. The molecule has 4 rings (SSSR count).